The van der Waals surface area contributed by atoms with Crippen molar-refractivity contribution in [1.29, 1.82) is 0 Å². The van der Waals surface area contributed by atoms with Crippen molar-refractivity contribution < 1.29 is 0 Å². The molecule has 3 heterocycles. The molecule has 3 aromatic heterocycles. The van der Waals surface area contributed by atoms with Gasteiger partial charge in [0, 0.05) is 56.8 Å². The van der Waals surface area contributed by atoms with Crippen molar-refractivity contribution in [2.24, 2.45) is 7.05 Å². The highest BCUT2D eigenvalue weighted by Crippen LogP contribution is 2.38. The van der Waals surface area contributed by atoms with E-state index >= 15 is 0 Å². The molecule has 27 heavy (non-hydrogen) atoms. The first kappa shape index (κ1) is 16.0. The lowest BCUT2D eigenvalue weighted by atomic mass is 10.0. The molecule has 0 spiro atoms. The second-order valence-corrected chi connectivity index (χ2v) is 7.35. The van der Waals surface area contributed by atoms with Gasteiger partial charge in [-0.05, 0) is 24.3 Å². The van der Waals surface area contributed by atoms with E-state index in [1.54, 1.807) is 0 Å². The normalized spacial score (nSPS) is 11.5. The summed E-state index contributed by atoms with van der Waals surface area (Å²) >= 11 is 3.57. The van der Waals surface area contributed by atoms with Crippen LogP contribution in [-0.2, 0) is 7.05 Å². The van der Waals surface area contributed by atoms with E-state index in [9.17, 15) is 0 Å². The van der Waals surface area contributed by atoms with Gasteiger partial charge in [-0.2, -0.15) is 0 Å². The van der Waals surface area contributed by atoms with E-state index in [2.05, 4.69) is 65.1 Å². The lowest BCUT2D eigenvalue weighted by molar-refractivity contribution is 0.965. The first-order valence-corrected chi connectivity index (χ1v) is 9.23. The van der Waals surface area contributed by atoms with E-state index in [0.717, 1.165) is 43.1 Å². The Kier molecular flexibility index (Phi) is 3.51. The third-order valence-corrected chi connectivity index (χ3v) is 5.25. The molecule has 0 atom stereocenters. The van der Waals surface area contributed by atoms with E-state index in [4.69, 9.17) is 5.73 Å². The predicted octanol–water partition coefficient (Wildman–Crippen LogP) is 4.52. The van der Waals surface area contributed by atoms with Crippen LogP contribution in [0, 0.1) is 0 Å². The van der Waals surface area contributed by atoms with Gasteiger partial charge in [-0.25, -0.2) is 4.98 Å². The molecule has 0 saturated carbocycles. The highest BCUT2D eigenvalue weighted by molar-refractivity contribution is 9.10. The zero-order valence-electron chi connectivity index (χ0n) is 14.4. The number of anilines is 1. The molecule has 0 radical (unpaired) electrons. The SMILES string of the molecule is Cn1cc(-c2nc(N)nnc2-c2c[nH]c3ccccc23)c2cc(Br)ccc21. The number of nitrogens with one attached hydrogen (secondary N) is 1. The highest BCUT2D eigenvalue weighted by atomic mass is 79.9. The van der Waals surface area contributed by atoms with Crippen molar-refractivity contribution >= 4 is 43.7 Å². The van der Waals surface area contributed by atoms with Crippen LogP contribution in [-0.4, -0.2) is 24.7 Å². The summed E-state index contributed by atoms with van der Waals surface area (Å²) in [7, 11) is 2.02. The van der Waals surface area contributed by atoms with Crippen molar-refractivity contribution in [2.45, 2.75) is 0 Å². The Labute approximate surface area is 163 Å². The van der Waals surface area contributed by atoms with Crippen LogP contribution in [0.5, 0.6) is 0 Å². The number of hydrogen-bond acceptors (Lipinski definition) is 4. The van der Waals surface area contributed by atoms with E-state index in [1.165, 1.54) is 0 Å². The van der Waals surface area contributed by atoms with Crippen LogP contribution >= 0.6 is 15.9 Å². The van der Waals surface area contributed by atoms with Gasteiger partial charge in [-0.1, -0.05) is 34.1 Å². The molecule has 0 aliphatic heterocycles. The zero-order chi connectivity index (χ0) is 18.5. The van der Waals surface area contributed by atoms with Gasteiger partial charge in [0.2, 0.25) is 5.95 Å². The van der Waals surface area contributed by atoms with Crippen LogP contribution in [0.3, 0.4) is 0 Å². The summed E-state index contributed by atoms with van der Waals surface area (Å²) in [5.41, 5.74) is 11.4. The number of rotatable bonds is 2. The lowest BCUT2D eigenvalue weighted by Crippen LogP contribution is -2.02. The number of halogens is 1. The number of nitrogens with zero attached hydrogens (tertiary/aromatic N) is 4. The Balaban J connectivity index is 1.84. The predicted molar refractivity (Wildman–Crippen MR) is 111 cm³/mol. The minimum absolute atomic E-state index is 0.153. The van der Waals surface area contributed by atoms with E-state index in [0.29, 0.717) is 5.69 Å². The van der Waals surface area contributed by atoms with Gasteiger partial charge in [0.15, 0.2) is 0 Å². The lowest BCUT2D eigenvalue weighted by Gasteiger charge is -2.07. The van der Waals surface area contributed by atoms with Crippen LogP contribution in [0.15, 0.2) is 59.3 Å². The second-order valence-electron chi connectivity index (χ2n) is 6.43. The van der Waals surface area contributed by atoms with Crippen LogP contribution in [0.25, 0.3) is 44.3 Å². The monoisotopic (exact) mass is 418 g/mol. The molecular formula is C20H15BrN6. The van der Waals surface area contributed by atoms with Gasteiger partial charge in [0.25, 0.3) is 0 Å². The molecule has 0 aliphatic rings. The number of aromatic nitrogens is 5. The van der Waals surface area contributed by atoms with Crippen LogP contribution < -0.4 is 5.73 Å². The van der Waals surface area contributed by atoms with E-state index in [-0.39, 0.29) is 5.95 Å². The van der Waals surface area contributed by atoms with Crippen LogP contribution in [0.1, 0.15) is 0 Å². The molecule has 0 unspecified atom stereocenters. The molecule has 0 bridgehead atoms. The number of nitrogens with two attached hydrogens (primary N) is 1. The zero-order valence-corrected chi connectivity index (χ0v) is 16.0. The van der Waals surface area contributed by atoms with Crippen molar-refractivity contribution in [3.05, 3.63) is 59.3 Å². The molecule has 5 aromatic rings. The Morgan fingerprint density at radius 2 is 1.85 bits per heavy atom. The largest absolute Gasteiger partial charge is 0.366 e. The van der Waals surface area contributed by atoms with Gasteiger partial charge in [-0.15, -0.1) is 10.2 Å². The molecule has 0 aliphatic carbocycles. The molecule has 132 valence electrons. The maximum absolute atomic E-state index is 5.90. The summed E-state index contributed by atoms with van der Waals surface area (Å²) in [5.74, 6) is 0.153. The molecule has 3 N–H and O–H groups in total. The molecule has 0 amide bonds. The number of aromatic amines is 1. The molecule has 7 heteroatoms. The second kappa shape index (κ2) is 5.92. The van der Waals surface area contributed by atoms with E-state index < -0.39 is 0 Å². The van der Waals surface area contributed by atoms with Crippen LogP contribution in [0.4, 0.5) is 5.95 Å². The highest BCUT2D eigenvalue weighted by Gasteiger charge is 2.19. The van der Waals surface area contributed by atoms with Crippen molar-refractivity contribution in [2.75, 3.05) is 5.73 Å². The molecule has 0 fully saturated rings. The third kappa shape index (κ3) is 2.50. The summed E-state index contributed by atoms with van der Waals surface area (Å²) in [4.78, 5) is 7.85. The van der Waals surface area contributed by atoms with Gasteiger partial charge in [0.1, 0.15) is 11.4 Å². The van der Waals surface area contributed by atoms with E-state index in [1.807, 2.05) is 37.5 Å². The Morgan fingerprint density at radius 3 is 2.74 bits per heavy atom. The fourth-order valence-corrected chi connectivity index (χ4v) is 3.89. The maximum Gasteiger partial charge on any atom is 0.240 e. The summed E-state index contributed by atoms with van der Waals surface area (Å²) in [6.45, 7) is 0. The number of benzene rings is 2. The maximum atomic E-state index is 5.90. The van der Waals surface area contributed by atoms with Gasteiger partial charge >= 0.3 is 0 Å². The topological polar surface area (TPSA) is 85.4 Å². The molecular weight excluding hydrogens is 404 g/mol. The molecule has 6 nitrogen and oxygen atoms in total. The fraction of sp³-hybridized carbons (Fsp3) is 0.0500. The first-order chi connectivity index (χ1) is 13.1. The average Bonchev–Trinajstić information content (AvgIpc) is 3.23. The van der Waals surface area contributed by atoms with Gasteiger partial charge in [-0.3, -0.25) is 0 Å². The summed E-state index contributed by atoms with van der Waals surface area (Å²) in [6.07, 6.45) is 4.00. The minimum Gasteiger partial charge on any atom is -0.366 e. The quantitative estimate of drug-likeness (QED) is 0.441. The van der Waals surface area contributed by atoms with Gasteiger partial charge in [0.05, 0.1) is 0 Å². The molecule has 2 aromatic carbocycles. The number of aryl methyl sites for hydroxylation is 1. The Bertz CT molecular complexity index is 1320. The third-order valence-electron chi connectivity index (χ3n) is 4.75. The summed E-state index contributed by atoms with van der Waals surface area (Å²) < 4.78 is 3.08. The minimum atomic E-state index is 0.153. The number of para-hydroxylation sites is 1. The van der Waals surface area contributed by atoms with Crippen LogP contribution in [0.2, 0.25) is 0 Å². The van der Waals surface area contributed by atoms with Crippen molar-refractivity contribution in [3.8, 4) is 22.5 Å². The molecule has 5 rings (SSSR count). The first-order valence-electron chi connectivity index (χ1n) is 8.43. The number of nitrogen functional groups attached to an aromatic ring is 1. The fourth-order valence-electron chi connectivity index (χ4n) is 3.53. The molecule has 0 saturated heterocycles. The number of hydrogen-bond donors (Lipinski definition) is 2. The summed E-state index contributed by atoms with van der Waals surface area (Å²) in [6, 6.07) is 14.3. The standard InChI is InChI=1S/C20H15BrN6/c1-27-10-15(13-8-11(21)6-7-17(13)27)18-19(25-26-20(22)24-18)14-9-23-16-5-3-2-4-12(14)16/h2-10,23H,1H3,(H2,22,24,26). The Morgan fingerprint density at radius 1 is 1.00 bits per heavy atom. The average molecular weight is 419 g/mol. The Hall–Kier alpha value is -3.19. The summed E-state index contributed by atoms with van der Waals surface area (Å²) in [5, 5.41) is 10.6. The van der Waals surface area contributed by atoms with Crippen molar-refractivity contribution in [1.82, 2.24) is 24.7 Å². The van der Waals surface area contributed by atoms with Crippen molar-refractivity contribution in [3.63, 3.8) is 0 Å². The number of H-pyrrole nitrogens is 1. The van der Waals surface area contributed by atoms with Gasteiger partial charge < -0.3 is 15.3 Å². The smallest absolute Gasteiger partial charge is 0.240 e. The number of fused-ring (bicyclic) bond motifs is 2.